The molecule has 0 fully saturated rings. The number of H-pyrrole nitrogens is 1. The zero-order chi connectivity index (χ0) is 14.0. The summed E-state index contributed by atoms with van der Waals surface area (Å²) in [6, 6.07) is -0.164. The van der Waals surface area contributed by atoms with E-state index in [1.54, 1.807) is 6.33 Å². The number of aromatic nitrogens is 2. The van der Waals surface area contributed by atoms with Crippen molar-refractivity contribution in [3.8, 4) is 0 Å². The molecule has 2 unspecified atom stereocenters. The smallest absolute Gasteiger partial charge is 0.237 e. The van der Waals surface area contributed by atoms with Crippen LogP contribution in [0.2, 0.25) is 0 Å². The van der Waals surface area contributed by atoms with Crippen LogP contribution in [0.3, 0.4) is 0 Å². The second-order valence-electron chi connectivity index (χ2n) is 6.48. The van der Waals surface area contributed by atoms with Crippen LogP contribution in [0.5, 0.6) is 0 Å². The quantitative estimate of drug-likeness (QED) is 0.769. The summed E-state index contributed by atoms with van der Waals surface area (Å²) in [5.41, 5.74) is 2.30. The van der Waals surface area contributed by atoms with Gasteiger partial charge in [0.25, 0.3) is 0 Å². The van der Waals surface area contributed by atoms with Crippen LogP contribution in [-0.4, -0.2) is 28.5 Å². The highest BCUT2D eigenvalue weighted by Gasteiger charge is 2.27. The van der Waals surface area contributed by atoms with Gasteiger partial charge in [0.05, 0.1) is 23.8 Å². The lowest BCUT2D eigenvalue weighted by molar-refractivity contribution is -0.123. The molecule has 0 spiro atoms. The molecule has 5 nitrogen and oxygen atoms in total. The third kappa shape index (κ3) is 3.35. The molecule has 19 heavy (non-hydrogen) atoms. The average molecular weight is 264 g/mol. The Labute approximate surface area is 114 Å². The van der Waals surface area contributed by atoms with Crippen molar-refractivity contribution in [3.63, 3.8) is 0 Å². The van der Waals surface area contributed by atoms with E-state index in [9.17, 15) is 4.79 Å². The third-order valence-electron chi connectivity index (χ3n) is 4.11. The molecular formula is C14H24N4O. The molecule has 0 aliphatic carbocycles. The Bertz CT molecular complexity index is 447. The molecule has 1 aliphatic heterocycles. The van der Waals surface area contributed by atoms with E-state index in [0.29, 0.717) is 25.4 Å². The molecule has 3 N–H and O–H groups in total. The number of rotatable bonds is 3. The van der Waals surface area contributed by atoms with Gasteiger partial charge in [-0.2, -0.15) is 0 Å². The summed E-state index contributed by atoms with van der Waals surface area (Å²) in [4.78, 5) is 19.5. The zero-order valence-corrected chi connectivity index (χ0v) is 12.2. The first-order valence-electron chi connectivity index (χ1n) is 6.90. The highest BCUT2D eigenvalue weighted by atomic mass is 16.2. The summed E-state index contributed by atoms with van der Waals surface area (Å²) in [5, 5.41) is 6.28. The molecule has 106 valence electrons. The average Bonchev–Trinajstić information content (AvgIpc) is 2.81. The first kappa shape index (κ1) is 14.1. The number of carbonyl (C=O) groups excluding carboxylic acids is 1. The molecule has 0 saturated heterocycles. The first-order valence-corrected chi connectivity index (χ1v) is 6.90. The predicted octanol–water partition coefficient (Wildman–Crippen LogP) is 1.22. The highest BCUT2D eigenvalue weighted by Crippen LogP contribution is 2.24. The van der Waals surface area contributed by atoms with Crippen molar-refractivity contribution >= 4 is 5.91 Å². The van der Waals surface area contributed by atoms with Crippen molar-refractivity contribution in [3.05, 3.63) is 17.7 Å². The monoisotopic (exact) mass is 264 g/mol. The Hall–Kier alpha value is -1.36. The summed E-state index contributed by atoms with van der Waals surface area (Å²) >= 11 is 0. The minimum Gasteiger partial charge on any atom is -0.354 e. The van der Waals surface area contributed by atoms with Gasteiger partial charge in [-0.15, -0.1) is 0 Å². The lowest BCUT2D eigenvalue weighted by atomic mass is 9.82. The van der Waals surface area contributed by atoms with E-state index in [0.717, 1.165) is 11.4 Å². The Morgan fingerprint density at radius 3 is 3.00 bits per heavy atom. The number of hydrogen-bond donors (Lipinski definition) is 3. The maximum Gasteiger partial charge on any atom is 0.237 e. The Kier molecular flexibility index (Phi) is 3.94. The lowest BCUT2D eigenvalue weighted by Crippen LogP contribution is -2.49. The summed E-state index contributed by atoms with van der Waals surface area (Å²) in [5.74, 6) is 0.519. The predicted molar refractivity (Wildman–Crippen MR) is 74.5 cm³/mol. The van der Waals surface area contributed by atoms with Crippen molar-refractivity contribution in [1.82, 2.24) is 20.6 Å². The number of aromatic amines is 1. The number of carbonyl (C=O) groups is 1. The minimum absolute atomic E-state index is 0.0738. The molecule has 2 atom stereocenters. The van der Waals surface area contributed by atoms with Crippen molar-refractivity contribution < 1.29 is 4.79 Å². The second-order valence-corrected chi connectivity index (χ2v) is 6.48. The fraction of sp³-hybridized carbons (Fsp3) is 0.714. The van der Waals surface area contributed by atoms with Crippen LogP contribution in [0.25, 0.3) is 0 Å². The van der Waals surface area contributed by atoms with Gasteiger partial charge in [0, 0.05) is 19.5 Å². The first-order chi connectivity index (χ1) is 8.88. The molecule has 1 aromatic rings. The largest absolute Gasteiger partial charge is 0.354 e. The summed E-state index contributed by atoms with van der Waals surface area (Å²) in [7, 11) is 0. The standard InChI is InChI=1S/C14H24N4O/c1-9(14(2,3)4)6-16-13(19)11-5-10-12(7-15-11)18-8-17-10/h8-9,11,15H,5-7H2,1-4H3,(H,16,19)(H,17,18). The van der Waals surface area contributed by atoms with E-state index in [2.05, 4.69) is 48.3 Å². The van der Waals surface area contributed by atoms with E-state index in [1.807, 2.05) is 0 Å². The summed E-state index contributed by atoms with van der Waals surface area (Å²) < 4.78 is 0. The Balaban J connectivity index is 1.85. The molecule has 1 aliphatic rings. The Morgan fingerprint density at radius 2 is 2.32 bits per heavy atom. The summed E-state index contributed by atoms with van der Waals surface area (Å²) in [6.45, 7) is 10.1. The number of fused-ring (bicyclic) bond motifs is 1. The molecule has 2 heterocycles. The number of amides is 1. The molecule has 0 bridgehead atoms. The van der Waals surface area contributed by atoms with Crippen LogP contribution in [-0.2, 0) is 17.8 Å². The van der Waals surface area contributed by atoms with E-state index < -0.39 is 0 Å². The van der Waals surface area contributed by atoms with Gasteiger partial charge in [-0.3, -0.25) is 10.1 Å². The van der Waals surface area contributed by atoms with Gasteiger partial charge >= 0.3 is 0 Å². The number of nitrogens with zero attached hydrogens (tertiary/aromatic N) is 1. The molecule has 0 aromatic carbocycles. The van der Waals surface area contributed by atoms with Crippen molar-refractivity contribution in [2.24, 2.45) is 11.3 Å². The van der Waals surface area contributed by atoms with Crippen LogP contribution in [0.4, 0.5) is 0 Å². The van der Waals surface area contributed by atoms with Gasteiger partial charge in [-0.1, -0.05) is 27.7 Å². The number of nitrogens with one attached hydrogen (secondary N) is 3. The lowest BCUT2D eigenvalue weighted by Gasteiger charge is -2.29. The van der Waals surface area contributed by atoms with Gasteiger partial charge in [0.2, 0.25) is 5.91 Å². The van der Waals surface area contributed by atoms with Crippen molar-refractivity contribution in [1.29, 1.82) is 0 Å². The van der Waals surface area contributed by atoms with Gasteiger partial charge in [-0.25, -0.2) is 4.98 Å². The van der Waals surface area contributed by atoms with Gasteiger partial charge in [0.1, 0.15) is 0 Å². The fourth-order valence-electron chi connectivity index (χ4n) is 2.04. The molecule has 0 radical (unpaired) electrons. The van der Waals surface area contributed by atoms with Crippen LogP contribution in [0.15, 0.2) is 6.33 Å². The third-order valence-corrected chi connectivity index (χ3v) is 4.11. The topological polar surface area (TPSA) is 69.8 Å². The van der Waals surface area contributed by atoms with Crippen LogP contribution in [0.1, 0.15) is 39.1 Å². The van der Waals surface area contributed by atoms with E-state index in [4.69, 9.17) is 0 Å². The van der Waals surface area contributed by atoms with Crippen LogP contribution < -0.4 is 10.6 Å². The van der Waals surface area contributed by atoms with Crippen LogP contribution in [0, 0.1) is 11.3 Å². The summed E-state index contributed by atoms with van der Waals surface area (Å²) in [6.07, 6.45) is 2.35. The van der Waals surface area contributed by atoms with Crippen LogP contribution >= 0.6 is 0 Å². The fourth-order valence-corrected chi connectivity index (χ4v) is 2.04. The number of imidazole rings is 1. The molecule has 0 saturated carbocycles. The van der Waals surface area contributed by atoms with E-state index >= 15 is 0 Å². The second kappa shape index (κ2) is 5.33. The molecule has 1 amide bonds. The number of hydrogen-bond acceptors (Lipinski definition) is 3. The normalized spacial score (nSPS) is 20.7. The Morgan fingerprint density at radius 1 is 1.58 bits per heavy atom. The van der Waals surface area contributed by atoms with E-state index in [-0.39, 0.29) is 17.4 Å². The highest BCUT2D eigenvalue weighted by molar-refractivity contribution is 5.82. The van der Waals surface area contributed by atoms with Gasteiger partial charge in [-0.05, 0) is 11.3 Å². The molecule has 1 aromatic heterocycles. The maximum absolute atomic E-state index is 12.1. The van der Waals surface area contributed by atoms with Crippen molar-refractivity contribution in [2.45, 2.75) is 46.7 Å². The van der Waals surface area contributed by atoms with Crippen molar-refractivity contribution in [2.75, 3.05) is 6.54 Å². The van der Waals surface area contributed by atoms with Gasteiger partial charge in [0.15, 0.2) is 0 Å². The molecule has 2 rings (SSSR count). The maximum atomic E-state index is 12.1. The molecule has 5 heteroatoms. The van der Waals surface area contributed by atoms with Gasteiger partial charge < -0.3 is 10.3 Å². The van der Waals surface area contributed by atoms with E-state index in [1.165, 1.54) is 0 Å². The minimum atomic E-state index is -0.164. The zero-order valence-electron chi connectivity index (χ0n) is 12.2. The SMILES string of the molecule is CC(CNC(=O)C1Cc2nc[nH]c2CN1)C(C)(C)C. The molecular weight excluding hydrogens is 240 g/mol.